The molecule has 0 unspecified atom stereocenters. The van der Waals surface area contributed by atoms with Crippen molar-refractivity contribution in [1.82, 2.24) is 39.1 Å². The van der Waals surface area contributed by atoms with Crippen molar-refractivity contribution >= 4 is 27.3 Å². The first-order valence-electron chi connectivity index (χ1n) is 13.4. The number of ketones is 1. The molecule has 12 nitrogen and oxygen atoms in total. The molecular weight excluding hydrogens is 542 g/mol. The molecule has 13 heteroatoms. The van der Waals surface area contributed by atoms with Crippen LogP contribution < -0.4 is 5.73 Å². The van der Waals surface area contributed by atoms with E-state index >= 15 is 0 Å². The summed E-state index contributed by atoms with van der Waals surface area (Å²) < 4.78 is 29.7. The van der Waals surface area contributed by atoms with Crippen LogP contribution in [0.15, 0.2) is 66.3 Å². The molecule has 3 atom stereocenters. The first kappa shape index (κ1) is 25.5. The number of anilines is 1. The Labute approximate surface area is 235 Å². The van der Waals surface area contributed by atoms with E-state index in [1.165, 1.54) is 17.8 Å². The number of fused-ring (bicyclic) bond motifs is 3. The van der Waals surface area contributed by atoms with Gasteiger partial charge in [0, 0.05) is 40.9 Å². The van der Waals surface area contributed by atoms with Crippen molar-refractivity contribution in [2.45, 2.75) is 55.8 Å². The van der Waals surface area contributed by atoms with E-state index in [9.17, 15) is 13.2 Å². The van der Waals surface area contributed by atoms with Gasteiger partial charge in [0.25, 0.3) is 15.2 Å². The van der Waals surface area contributed by atoms with Crippen LogP contribution in [0.4, 0.5) is 5.82 Å². The molecule has 0 spiro atoms. The zero-order valence-corrected chi connectivity index (χ0v) is 23.0. The molecule has 6 heterocycles. The Kier molecular flexibility index (Phi) is 5.94. The molecule has 0 aliphatic carbocycles. The van der Waals surface area contributed by atoms with Crippen LogP contribution in [0.2, 0.25) is 0 Å². The minimum absolute atomic E-state index is 0.152. The summed E-state index contributed by atoms with van der Waals surface area (Å²) >= 11 is 0. The number of piperidine rings is 1. The Bertz CT molecular complexity index is 1860. The molecule has 5 aromatic rings. The van der Waals surface area contributed by atoms with E-state index in [2.05, 4.69) is 25.3 Å². The van der Waals surface area contributed by atoms with Gasteiger partial charge in [-0.1, -0.05) is 36.4 Å². The van der Waals surface area contributed by atoms with Gasteiger partial charge in [-0.25, -0.2) is 13.4 Å². The number of H-pyrrole nitrogens is 1. The van der Waals surface area contributed by atoms with Crippen LogP contribution in [-0.4, -0.2) is 65.4 Å². The Morgan fingerprint density at radius 2 is 1.78 bits per heavy atom. The number of nitrogens with two attached hydrogens (primary N) is 1. The Hall–Kier alpha value is -4.49. The first-order chi connectivity index (χ1) is 19.8. The number of aromatic amines is 1. The first-order valence-corrected chi connectivity index (χ1v) is 14.9. The number of nitrogen functional groups attached to an aromatic ring is 1. The van der Waals surface area contributed by atoms with Gasteiger partial charge in [0.2, 0.25) is 0 Å². The molecule has 7 rings (SSSR count). The maximum Gasteiger partial charge on any atom is 0.279 e. The Morgan fingerprint density at radius 3 is 2.41 bits per heavy atom. The molecule has 0 radical (unpaired) electrons. The summed E-state index contributed by atoms with van der Waals surface area (Å²) in [4.78, 5) is 25.2. The standard InChI is InChI=1S/C28H27N9O3S/c1-16(38)24-25(19-11-20-8-9-21(12-19)37(20)41(39,40)28-31-15-32-35-28)34-27-22(14-33-36(27)26(24)29)18-7-10-23(30-13-18)17-5-3-2-4-6-17/h2-7,10,13-15,19-21H,8-9,11-12,29H2,1H3,(H,31,32,35)/t19-,20-,21+. The van der Waals surface area contributed by atoms with Crippen molar-refractivity contribution in [1.29, 1.82) is 0 Å². The van der Waals surface area contributed by atoms with Crippen molar-refractivity contribution in [2.75, 3.05) is 5.73 Å². The zero-order chi connectivity index (χ0) is 28.3. The summed E-state index contributed by atoms with van der Waals surface area (Å²) in [5.41, 5.74) is 11.4. The van der Waals surface area contributed by atoms with E-state index in [1.807, 2.05) is 42.5 Å². The molecule has 1 aromatic carbocycles. The number of carbonyl (C=O) groups excluding carboxylic acids is 1. The fourth-order valence-electron chi connectivity index (χ4n) is 6.40. The summed E-state index contributed by atoms with van der Waals surface area (Å²) in [6.07, 6.45) is 7.20. The van der Waals surface area contributed by atoms with Gasteiger partial charge in [-0.05, 0) is 38.7 Å². The lowest BCUT2D eigenvalue weighted by molar-refractivity contribution is 0.101. The van der Waals surface area contributed by atoms with Gasteiger partial charge in [0.15, 0.2) is 11.4 Å². The zero-order valence-electron chi connectivity index (χ0n) is 22.2. The number of carbonyl (C=O) groups is 1. The second kappa shape index (κ2) is 9.56. The number of aromatic nitrogens is 7. The minimum atomic E-state index is -3.82. The quantitative estimate of drug-likeness (QED) is 0.291. The molecule has 2 aliphatic rings. The normalized spacial score (nSPS) is 21.0. The van der Waals surface area contributed by atoms with Crippen molar-refractivity contribution in [3.8, 4) is 22.4 Å². The molecule has 4 aromatic heterocycles. The molecule has 3 N–H and O–H groups in total. The number of hydrogen-bond donors (Lipinski definition) is 2. The van der Waals surface area contributed by atoms with E-state index in [-0.39, 0.29) is 34.8 Å². The van der Waals surface area contributed by atoms with Crippen LogP contribution in [0.3, 0.4) is 0 Å². The number of nitrogens with zero attached hydrogens (tertiary/aromatic N) is 7. The van der Waals surface area contributed by atoms with Gasteiger partial charge >= 0.3 is 0 Å². The fraction of sp³-hybridized carbons (Fsp3) is 0.286. The Morgan fingerprint density at radius 1 is 1.02 bits per heavy atom. The summed E-state index contributed by atoms with van der Waals surface area (Å²) in [5.74, 6) is -0.134. The molecule has 2 bridgehead atoms. The van der Waals surface area contributed by atoms with Crippen molar-refractivity contribution in [2.24, 2.45) is 0 Å². The maximum absolute atomic E-state index is 13.3. The number of sulfonamides is 1. The van der Waals surface area contributed by atoms with E-state index in [1.54, 1.807) is 16.7 Å². The number of nitrogens with one attached hydrogen (secondary N) is 1. The van der Waals surface area contributed by atoms with Crippen LogP contribution in [0.1, 0.15) is 54.6 Å². The SMILES string of the molecule is CC(=O)c1c([C@@H]2C[C@H]3CC[C@@H](C2)N3S(=O)(=O)c2nnc[nH]2)nc2c(-c3ccc(-c4ccccc4)nc3)cnn2c1N. The van der Waals surface area contributed by atoms with Gasteiger partial charge in [-0.2, -0.15) is 13.9 Å². The van der Waals surface area contributed by atoms with Crippen LogP contribution in [0.5, 0.6) is 0 Å². The minimum Gasteiger partial charge on any atom is -0.383 e. The van der Waals surface area contributed by atoms with Crippen LogP contribution in [0, 0.1) is 0 Å². The monoisotopic (exact) mass is 569 g/mol. The third-order valence-electron chi connectivity index (χ3n) is 8.18. The lowest BCUT2D eigenvalue weighted by Crippen LogP contribution is -2.46. The number of benzene rings is 1. The number of rotatable bonds is 6. The van der Waals surface area contributed by atoms with E-state index in [4.69, 9.17) is 10.7 Å². The highest BCUT2D eigenvalue weighted by Crippen LogP contribution is 2.46. The number of pyridine rings is 1. The van der Waals surface area contributed by atoms with Crippen LogP contribution in [0.25, 0.3) is 28.0 Å². The summed E-state index contributed by atoms with van der Waals surface area (Å²) in [6.45, 7) is 1.47. The van der Waals surface area contributed by atoms with E-state index in [0.717, 1.165) is 35.2 Å². The van der Waals surface area contributed by atoms with Crippen molar-refractivity contribution in [3.05, 3.63) is 72.4 Å². The topological polar surface area (TPSA) is 165 Å². The van der Waals surface area contributed by atoms with Gasteiger partial charge in [0.1, 0.15) is 12.1 Å². The molecule has 0 saturated carbocycles. The van der Waals surface area contributed by atoms with Crippen LogP contribution >= 0.6 is 0 Å². The third kappa shape index (κ3) is 4.11. The fourth-order valence-corrected chi connectivity index (χ4v) is 8.12. The smallest absolute Gasteiger partial charge is 0.279 e. The largest absolute Gasteiger partial charge is 0.383 e. The lowest BCUT2D eigenvalue weighted by atomic mass is 9.86. The third-order valence-corrected chi connectivity index (χ3v) is 10.0. The molecule has 2 saturated heterocycles. The van der Waals surface area contributed by atoms with E-state index < -0.39 is 10.0 Å². The van der Waals surface area contributed by atoms with Gasteiger partial charge in [-0.3, -0.25) is 9.78 Å². The molecule has 0 amide bonds. The molecule has 2 aliphatic heterocycles. The Balaban J connectivity index is 1.27. The van der Waals surface area contributed by atoms with Crippen molar-refractivity contribution in [3.63, 3.8) is 0 Å². The average Bonchev–Trinajstić information content (AvgIpc) is 3.72. The van der Waals surface area contributed by atoms with Crippen molar-refractivity contribution < 1.29 is 13.2 Å². The molecular formula is C28H27N9O3S. The van der Waals surface area contributed by atoms with Crippen LogP contribution in [-0.2, 0) is 10.0 Å². The highest BCUT2D eigenvalue weighted by Gasteiger charge is 2.49. The molecule has 2 fully saturated rings. The molecule has 41 heavy (non-hydrogen) atoms. The lowest BCUT2D eigenvalue weighted by Gasteiger charge is -2.37. The molecule has 208 valence electrons. The predicted molar refractivity (Wildman–Crippen MR) is 150 cm³/mol. The average molecular weight is 570 g/mol. The highest BCUT2D eigenvalue weighted by atomic mass is 32.2. The number of Topliss-reactive ketones (excluding diaryl/α,β-unsaturated/α-hetero) is 1. The second-order valence-electron chi connectivity index (χ2n) is 10.6. The van der Waals surface area contributed by atoms with Gasteiger partial charge in [-0.15, -0.1) is 10.2 Å². The summed E-state index contributed by atoms with van der Waals surface area (Å²) in [5, 5.41) is 11.7. The maximum atomic E-state index is 13.3. The second-order valence-corrected chi connectivity index (χ2v) is 12.3. The number of hydrogen-bond acceptors (Lipinski definition) is 9. The predicted octanol–water partition coefficient (Wildman–Crippen LogP) is 3.46. The van der Waals surface area contributed by atoms with E-state index in [0.29, 0.717) is 29.7 Å². The van der Waals surface area contributed by atoms with Gasteiger partial charge in [0.05, 0.1) is 23.1 Å². The summed E-state index contributed by atoms with van der Waals surface area (Å²) in [6, 6.07) is 13.3. The summed E-state index contributed by atoms with van der Waals surface area (Å²) in [7, 11) is -3.82. The highest BCUT2D eigenvalue weighted by molar-refractivity contribution is 7.89. The van der Waals surface area contributed by atoms with Gasteiger partial charge < -0.3 is 10.7 Å².